The van der Waals surface area contributed by atoms with Gasteiger partial charge in [-0.25, -0.2) is 0 Å². The minimum atomic E-state index is 0.0500. The van der Waals surface area contributed by atoms with Crippen molar-refractivity contribution in [2.45, 2.75) is 64.5 Å². The van der Waals surface area contributed by atoms with Crippen LogP contribution in [-0.2, 0) is 6.54 Å². The minimum absolute atomic E-state index is 0.0500. The number of nitroso groups, excluding NO2 is 1. The fourth-order valence-corrected chi connectivity index (χ4v) is 4.85. The third-order valence-corrected chi connectivity index (χ3v) is 6.84. The number of carbonyl (C=O) groups excluding carboxylic acids is 1. The molecule has 0 aliphatic rings. The SMILES string of the molecule is CCCCCC(CCCCOc1ccc2ccccc2c1C=O)Oc1c(CN=O)ccc2ccccc12. The Kier molecular flexibility index (Phi) is 9.64. The van der Waals surface area contributed by atoms with Crippen LogP contribution in [0.1, 0.15) is 67.8 Å². The number of fused-ring (bicyclic) bond motifs is 2. The summed E-state index contributed by atoms with van der Waals surface area (Å²) < 4.78 is 12.6. The summed E-state index contributed by atoms with van der Waals surface area (Å²) in [5, 5.41) is 7.19. The summed E-state index contributed by atoms with van der Waals surface area (Å²) in [6, 6.07) is 23.8. The van der Waals surface area contributed by atoms with E-state index in [9.17, 15) is 9.70 Å². The van der Waals surface area contributed by atoms with E-state index in [0.717, 1.165) is 84.1 Å². The monoisotopic (exact) mass is 497 g/mol. The van der Waals surface area contributed by atoms with Crippen LogP contribution in [0.4, 0.5) is 0 Å². The van der Waals surface area contributed by atoms with Crippen LogP contribution < -0.4 is 9.47 Å². The molecule has 0 aliphatic carbocycles. The van der Waals surface area contributed by atoms with Gasteiger partial charge in [0.05, 0.1) is 18.3 Å². The molecular weight excluding hydrogens is 462 g/mol. The topological polar surface area (TPSA) is 65.0 Å². The second-order valence-corrected chi connectivity index (χ2v) is 9.46. The number of aldehydes is 1. The van der Waals surface area contributed by atoms with Crippen molar-refractivity contribution in [1.82, 2.24) is 0 Å². The fraction of sp³-hybridized carbons (Fsp3) is 0.344. The van der Waals surface area contributed by atoms with Crippen LogP contribution in [-0.4, -0.2) is 19.0 Å². The maximum Gasteiger partial charge on any atom is 0.154 e. The maximum atomic E-state index is 11.8. The Morgan fingerprint density at radius 1 is 0.811 bits per heavy atom. The molecular formula is C32H35NO4. The van der Waals surface area contributed by atoms with Gasteiger partial charge in [-0.05, 0) is 54.3 Å². The van der Waals surface area contributed by atoms with Crippen LogP contribution in [0.15, 0.2) is 78.0 Å². The standard InChI is InChI=1S/C32H35NO4/c1-2-3-4-13-27(37-32-26(22-33-35)18-17-25-12-6-8-16-29(25)32)14-9-10-21-36-31-20-19-24-11-5-7-15-28(24)30(31)23-34/h5-8,11-12,15-20,23,27H,2-4,9-10,13-14,21-22H2,1H3. The van der Waals surface area contributed by atoms with Crippen molar-refractivity contribution in [3.05, 3.63) is 88.8 Å². The van der Waals surface area contributed by atoms with Crippen LogP contribution >= 0.6 is 0 Å². The quantitative estimate of drug-likeness (QED) is 0.0936. The largest absolute Gasteiger partial charge is 0.493 e. The van der Waals surface area contributed by atoms with Gasteiger partial charge in [0, 0.05) is 10.9 Å². The second-order valence-electron chi connectivity index (χ2n) is 9.46. The van der Waals surface area contributed by atoms with E-state index in [1.165, 1.54) is 0 Å². The van der Waals surface area contributed by atoms with Gasteiger partial charge in [0.1, 0.15) is 18.0 Å². The molecule has 0 heterocycles. The molecule has 4 aromatic carbocycles. The first-order chi connectivity index (χ1) is 18.2. The lowest BCUT2D eigenvalue weighted by atomic mass is 10.0. The highest BCUT2D eigenvalue weighted by atomic mass is 16.5. The summed E-state index contributed by atoms with van der Waals surface area (Å²) in [5.41, 5.74) is 1.43. The predicted octanol–water partition coefficient (Wildman–Crippen LogP) is 8.65. The highest BCUT2D eigenvalue weighted by molar-refractivity contribution is 6.00. The van der Waals surface area contributed by atoms with Crippen LogP contribution in [0.25, 0.3) is 21.5 Å². The van der Waals surface area contributed by atoms with Crippen molar-refractivity contribution in [2.24, 2.45) is 5.18 Å². The number of benzene rings is 4. The van der Waals surface area contributed by atoms with Crippen LogP contribution in [0.5, 0.6) is 11.5 Å². The lowest BCUT2D eigenvalue weighted by Crippen LogP contribution is -2.18. The number of rotatable bonds is 15. The van der Waals surface area contributed by atoms with Gasteiger partial charge in [-0.1, -0.05) is 91.7 Å². The van der Waals surface area contributed by atoms with E-state index in [4.69, 9.17) is 9.47 Å². The Hall–Kier alpha value is -3.73. The van der Waals surface area contributed by atoms with Gasteiger partial charge in [-0.15, -0.1) is 0 Å². The molecule has 0 fully saturated rings. The Morgan fingerprint density at radius 2 is 1.49 bits per heavy atom. The summed E-state index contributed by atoms with van der Waals surface area (Å²) in [4.78, 5) is 22.9. The van der Waals surface area contributed by atoms with E-state index in [-0.39, 0.29) is 12.6 Å². The lowest BCUT2D eigenvalue weighted by molar-refractivity contribution is 0.112. The van der Waals surface area contributed by atoms with E-state index in [0.29, 0.717) is 17.9 Å². The summed E-state index contributed by atoms with van der Waals surface area (Å²) in [5.74, 6) is 1.41. The highest BCUT2D eigenvalue weighted by Gasteiger charge is 2.16. The molecule has 0 bridgehead atoms. The Morgan fingerprint density at radius 3 is 2.22 bits per heavy atom. The predicted molar refractivity (Wildman–Crippen MR) is 151 cm³/mol. The molecule has 0 saturated heterocycles. The van der Waals surface area contributed by atoms with Crippen molar-refractivity contribution >= 4 is 27.8 Å². The molecule has 0 amide bonds. The summed E-state index contributed by atoms with van der Waals surface area (Å²) in [6.45, 7) is 2.84. The summed E-state index contributed by atoms with van der Waals surface area (Å²) >= 11 is 0. The molecule has 4 rings (SSSR count). The Labute approximate surface area is 218 Å². The molecule has 0 saturated carbocycles. The zero-order valence-electron chi connectivity index (χ0n) is 21.5. The van der Waals surface area contributed by atoms with E-state index in [1.54, 1.807) is 0 Å². The van der Waals surface area contributed by atoms with E-state index in [1.807, 2.05) is 66.7 Å². The number of nitrogens with zero attached hydrogens (tertiary/aromatic N) is 1. The molecule has 1 unspecified atom stereocenters. The molecule has 0 radical (unpaired) electrons. The van der Waals surface area contributed by atoms with Gasteiger partial charge in [-0.2, -0.15) is 4.91 Å². The molecule has 192 valence electrons. The first kappa shape index (κ1) is 26.3. The highest BCUT2D eigenvalue weighted by Crippen LogP contribution is 2.33. The van der Waals surface area contributed by atoms with E-state index >= 15 is 0 Å². The number of carbonyl (C=O) groups is 1. The Balaban J connectivity index is 1.40. The van der Waals surface area contributed by atoms with Crippen LogP contribution in [0.3, 0.4) is 0 Å². The number of ether oxygens (including phenoxy) is 2. The summed E-state index contributed by atoms with van der Waals surface area (Å²) in [7, 11) is 0. The molecule has 0 N–H and O–H groups in total. The van der Waals surface area contributed by atoms with Crippen molar-refractivity contribution in [3.63, 3.8) is 0 Å². The van der Waals surface area contributed by atoms with Gasteiger partial charge in [-0.3, -0.25) is 4.79 Å². The van der Waals surface area contributed by atoms with Crippen molar-refractivity contribution < 1.29 is 14.3 Å². The number of unbranched alkanes of at least 4 members (excludes halogenated alkanes) is 3. The fourth-order valence-electron chi connectivity index (χ4n) is 4.85. The van der Waals surface area contributed by atoms with Gasteiger partial charge in [0.15, 0.2) is 6.29 Å². The first-order valence-corrected chi connectivity index (χ1v) is 13.3. The Bertz CT molecular complexity index is 1330. The number of hydrogen-bond acceptors (Lipinski definition) is 5. The van der Waals surface area contributed by atoms with E-state index < -0.39 is 0 Å². The van der Waals surface area contributed by atoms with Gasteiger partial charge >= 0.3 is 0 Å². The molecule has 37 heavy (non-hydrogen) atoms. The minimum Gasteiger partial charge on any atom is -0.493 e. The average Bonchev–Trinajstić information content (AvgIpc) is 2.93. The van der Waals surface area contributed by atoms with Gasteiger partial charge in [0.25, 0.3) is 0 Å². The second kappa shape index (κ2) is 13.5. The molecule has 4 aromatic rings. The molecule has 0 spiro atoms. The average molecular weight is 498 g/mol. The zero-order chi connectivity index (χ0) is 25.9. The maximum absolute atomic E-state index is 11.8. The molecule has 5 heteroatoms. The third-order valence-electron chi connectivity index (χ3n) is 6.84. The first-order valence-electron chi connectivity index (χ1n) is 13.3. The third kappa shape index (κ3) is 6.73. The molecule has 1 atom stereocenters. The van der Waals surface area contributed by atoms with Crippen LogP contribution in [0, 0.1) is 4.91 Å². The smallest absolute Gasteiger partial charge is 0.154 e. The molecule has 0 aliphatic heterocycles. The van der Waals surface area contributed by atoms with Crippen molar-refractivity contribution in [2.75, 3.05) is 6.61 Å². The number of hydrogen-bond donors (Lipinski definition) is 0. The van der Waals surface area contributed by atoms with Crippen molar-refractivity contribution in [1.29, 1.82) is 0 Å². The van der Waals surface area contributed by atoms with E-state index in [2.05, 4.69) is 18.2 Å². The molecule has 5 nitrogen and oxygen atoms in total. The zero-order valence-corrected chi connectivity index (χ0v) is 21.5. The van der Waals surface area contributed by atoms with Gasteiger partial charge < -0.3 is 9.47 Å². The van der Waals surface area contributed by atoms with Crippen LogP contribution in [0.2, 0.25) is 0 Å². The summed E-state index contributed by atoms with van der Waals surface area (Å²) in [6.07, 6.45) is 8.00. The molecule has 0 aromatic heterocycles. The normalized spacial score (nSPS) is 11.9. The van der Waals surface area contributed by atoms with Crippen molar-refractivity contribution in [3.8, 4) is 11.5 Å². The lowest BCUT2D eigenvalue weighted by Gasteiger charge is -2.22. The van der Waals surface area contributed by atoms with Gasteiger partial charge in [0.2, 0.25) is 0 Å².